The fraction of sp³-hybridized carbons (Fsp3) is 0.600. The second-order valence-corrected chi connectivity index (χ2v) is 6.75. The number of nitrogens with zero attached hydrogens (tertiary/aromatic N) is 1. The molecule has 9 nitrogen and oxygen atoms in total. The topological polar surface area (TPSA) is 115 Å². The van der Waals surface area contributed by atoms with Crippen LogP contribution in [0.3, 0.4) is 0 Å². The highest BCUT2D eigenvalue weighted by atomic mass is 16.5. The molecule has 1 N–H and O–H groups in total. The van der Waals surface area contributed by atoms with Crippen LogP contribution in [0.5, 0.6) is 0 Å². The monoisotopic (exact) mass is 408 g/mol. The molecule has 1 atom stereocenters. The number of ether oxygens (including phenoxy) is 3. The van der Waals surface area contributed by atoms with E-state index < -0.39 is 36.5 Å². The van der Waals surface area contributed by atoms with E-state index in [1.807, 2.05) is 6.92 Å². The number of rotatable bonds is 7. The summed E-state index contributed by atoms with van der Waals surface area (Å²) < 4.78 is 15.0. The summed E-state index contributed by atoms with van der Waals surface area (Å²) in [7, 11) is 1.27. The molecule has 160 valence electrons. The number of hydrogen-bond donors (Lipinski definition) is 1. The zero-order chi connectivity index (χ0) is 21.6. The maximum absolute atomic E-state index is 12.6. The number of likely N-dealkylation sites (tertiary alicyclic amines) is 1. The van der Waals surface area contributed by atoms with Crippen molar-refractivity contribution in [2.45, 2.75) is 52.5 Å². The van der Waals surface area contributed by atoms with Crippen molar-refractivity contribution in [3.05, 3.63) is 22.5 Å². The Hall–Kier alpha value is -2.84. The Morgan fingerprint density at radius 3 is 2.45 bits per heavy atom. The highest BCUT2D eigenvalue weighted by Crippen LogP contribution is 2.22. The normalized spacial score (nSPS) is 16.3. The molecule has 0 spiro atoms. The fourth-order valence-electron chi connectivity index (χ4n) is 3.50. The van der Waals surface area contributed by atoms with Crippen molar-refractivity contribution in [2.24, 2.45) is 0 Å². The zero-order valence-electron chi connectivity index (χ0n) is 17.3. The van der Waals surface area contributed by atoms with Gasteiger partial charge in [-0.05, 0) is 45.1 Å². The molecule has 0 radical (unpaired) electrons. The minimum absolute atomic E-state index is 0.107. The molecule has 0 bridgehead atoms. The standard InChI is InChI=1S/C20H28N2O7/c1-5-13-16(19(25)27-4)12(3)17(21-13)20(26)29-11-15(23)22-10-8-7-9-14(22)18(24)28-6-2/h14,21H,5-11H2,1-4H3. The van der Waals surface area contributed by atoms with Gasteiger partial charge in [-0.25, -0.2) is 14.4 Å². The minimum atomic E-state index is -0.745. The Kier molecular flexibility index (Phi) is 7.81. The number of carbonyl (C=O) groups is 4. The molecule has 0 aromatic carbocycles. The molecule has 2 heterocycles. The number of methoxy groups -OCH3 is 1. The molecule has 1 saturated heterocycles. The number of esters is 3. The van der Waals surface area contributed by atoms with Gasteiger partial charge in [-0.15, -0.1) is 0 Å². The van der Waals surface area contributed by atoms with E-state index in [1.165, 1.54) is 12.0 Å². The van der Waals surface area contributed by atoms with Gasteiger partial charge in [-0.3, -0.25) is 4.79 Å². The molecule has 9 heteroatoms. The summed E-state index contributed by atoms with van der Waals surface area (Å²) in [6, 6.07) is -0.653. The average Bonchev–Trinajstić information content (AvgIpc) is 3.07. The SMILES string of the molecule is CCOC(=O)C1CCCCN1C(=O)COC(=O)c1[nH]c(CC)c(C(=O)OC)c1C. The van der Waals surface area contributed by atoms with Crippen LogP contribution in [-0.2, 0) is 30.2 Å². The Morgan fingerprint density at radius 1 is 1.10 bits per heavy atom. The fourth-order valence-corrected chi connectivity index (χ4v) is 3.50. The molecular weight excluding hydrogens is 380 g/mol. The van der Waals surface area contributed by atoms with Gasteiger partial charge in [-0.2, -0.15) is 0 Å². The second kappa shape index (κ2) is 10.1. The van der Waals surface area contributed by atoms with Gasteiger partial charge < -0.3 is 24.1 Å². The molecule has 1 aromatic rings. The van der Waals surface area contributed by atoms with Crippen molar-refractivity contribution in [3.63, 3.8) is 0 Å². The number of amides is 1. The summed E-state index contributed by atoms with van der Waals surface area (Å²) in [4.78, 5) is 53.5. The van der Waals surface area contributed by atoms with Crippen LogP contribution in [0.15, 0.2) is 0 Å². The summed E-state index contributed by atoms with van der Waals surface area (Å²) in [5.41, 5.74) is 1.38. The predicted molar refractivity (Wildman–Crippen MR) is 103 cm³/mol. The number of aromatic amines is 1. The third-order valence-corrected chi connectivity index (χ3v) is 4.98. The Bertz CT molecular complexity index is 784. The predicted octanol–water partition coefficient (Wildman–Crippen LogP) is 1.77. The first-order chi connectivity index (χ1) is 13.8. The summed E-state index contributed by atoms with van der Waals surface area (Å²) in [5, 5.41) is 0. The molecule has 0 saturated carbocycles. The molecule has 2 rings (SSSR count). The molecule has 1 aliphatic heterocycles. The van der Waals surface area contributed by atoms with Crippen LogP contribution in [-0.4, -0.2) is 66.6 Å². The Labute approximate surface area is 169 Å². The Balaban J connectivity index is 2.08. The number of piperidine rings is 1. The zero-order valence-corrected chi connectivity index (χ0v) is 17.3. The van der Waals surface area contributed by atoms with Crippen LogP contribution in [0.1, 0.15) is 65.2 Å². The van der Waals surface area contributed by atoms with E-state index in [9.17, 15) is 19.2 Å². The van der Waals surface area contributed by atoms with Gasteiger partial charge in [0, 0.05) is 12.2 Å². The van der Waals surface area contributed by atoms with Crippen molar-refractivity contribution in [1.29, 1.82) is 0 Å². The number of nitrogens with one attached hydrogen (secondary N) is 1. The van der Waals surface area contributed by atoms with E-state index in [0.29, 0.717) is 36.2 Å². The molecule has 1 aliphatic rings. The maximum atomic E-state index is 12.6. The lowest BCUT2D eigenvalue weighted by Gasteiger charge is -2.33. The molecule has 1 fully saturated rings. The first-order valence-electron chi connectivity index (χ1n) is 9.78. The number of aryl methyl sites for hydroxylation is 1. The van der Waals surface area contributed by atoms with Crippen LogP contribution in [0.2, 0.25) is 0 Å². The van der Waals surface area contributed by atoms with Gasteiger partial charge in [0.05, 0.1) is 19.3 Å². The smallest absolute Gasteiger partial charge is 0.355 e. The summed E-state index contributed by atoms with van der Waals surface area (Å²) in [6.07, 6.45) is 2.61. The highest BCUT2D eigenvalue weighted by Gasteiger charge is 2.34. The van der Waals surface area contributed by atoms with Crippen molar-refractivity contribution in [3.8, 4) is 0 Å². The minimum Gasteiger partial charge on any atom is -0.465 e. The molecule has 0 aliphatic carbocycles. The molecule has 1 amide bonds. The number of aromatic nitrogens is 1. The van der Waals surface area contributed by atoms with Crippen LogP contribution in [0, 0.1) is 6.92 Å². The lowest BCUT2D eigenvalue weighted by atomic mass is 10.0. The molecule has 29 heavy (non-hydrogen) atoms. The van der Waals surface area contributed by atoms with Crippen LogP contribution in [0.25, 0.3) is 0 Å². The lowest BCUT2D eigenvalue weighted by Crippen LogP contribution is -2.50. The summed E-state index contributed by atoms with van der Waals surface area (Å²) in [6.45, 7) is 5.31. The van der Waals surface area contributed by atoms with Crippen molar-refractivity contribution < 1.29 is 33.4 Å². The second-order valence-electron chi connectivity index (χ2n) is 6.75. The quantitative estimate of drug-likeness (QED) is 0.540. The van der Waals surface area contributed by atoms with Crippen molar-refractivity contribution in [2.75, 3.05) is 26.9 Å². The van der Waals surface area contributed by atoms with Gasteiger partial charge in [0.15, 0.2) is 6.61 Å². The van der Waals surface area contributed by atoms with Crippen LogP contribution in [0.4, 0.5) is 0 Å². The van der Waals surface area contributed by atoms with E-state index in [4.69, 9.17) is 14.2 Å². The molecular formula is C20H28N2O7. The summed E-state index contributed by atoms with van der Waals surface area (Å²) >= 11 is 0. The van der Waals surface area contributed by atoms with Crippen LogP contribution >= 0.6 is 0 Å². The summed E-state index contributed by atoms with van der Waals surface area (Å²) in [5.74, 6) is -2.19. The van der Waals surface area contributed by atoms with Gasteiger partial charge in [0.2, 0.25) is 0 Å². The van der Waals surface area contributed by atoms with E-state index in [-0.39, 0.29) is 12.3 Å². The van der Waals surface area contributed by atoms with Crippen molar-refractivity contribution >= 4 is 23.8 Å². The lowest BCUT2D eigenvalue weighted by molar-refractivity contribution is -0.157. The maximum Gasteiger partial charge on any atom is 0.355 e. The van der Waals surface area contributed by atoms with Gasteiger partial charge in [0.25, 0.3) is 5.91 Å². The van der Waals surface area contributed by atoms with Gasteiger partial charge >= 0.3 is 17.9 Å². The number of H-pyrrole nitrogens is 1. The average molecular weight is 408 g/mol. The van der Waals surface area contributed by atoms with E-state index in [1.54, 1.807) is 13.8 Å². The van der Waals surface area contributed by atoms with E-state index >= 15 is 0 Å². The third kappa shape index (κ3) is 4.96. The first kappa shape index (κ1) is 22.4. The van der Waals surface area contributed by atoms with Gasteiger partial charge in [-0.1, -0.05) is 6.92 Å². The third-order valence-electron chi connectivity index (χ3n) is 4.98. The van der Waals surface area contributed by atoms with Crippen molar-refractivity contribution in [1.82, 2.24) is 9.88 Å². The number of carbonyl (C=O) groups excluding carboxylic acids is 4. The largest absolute Gasteiger partial charge is 0.465 e. The Morgan fingerprint density at radius 2 is 1.83 bits per heavy atom. The molecule has 1 unspecified atom stereocenters. The van der Waals surface area contributed by atoms with E-state index in [0.717, 1.165) is 12.8 Å². The highest BCUT2D eigenvalue weighted by molar-refractivity contribution is 5.99. The van der Waals surface area contributed by atoms with Gasteiger partial charge in [0.1, 0.15) is 11.7 Å². The van der Waals surface area contributed by atoms with E-state index in [2.05, 4.69) is 4.98 Å². The first-order valence-corrected chi connectivity index (χ1v) is 9.78. The van der Waals surface area contributed by atoms with Crippen LogP contribution < -0.4 is 0 Å². The molecule has 1 aromatic heterocycles. The number of hydrogen-bond acceptors (Lipinski definition) is 7.